The van der Waals surface area contributed by atoms with Crippen molar-refractivity contribution >= 4 is 0 Å². The summed E-state index contributed by atoms with van der Waals surface area (Å²) < 4.78 is 74.4. The van der Waals surface area contributed by atoms with Gasteiger partial charge in [0.25, 0.3) is 0 Å². The maximum Gasteiger partial charge on any atom is 0.407 e. The van der Waals surface area contributed by atoms with Gasteiger partial charge in [0.2, 0.25) is 0 Å². The fourth-order valence-corrected chi connectivity index (χ4v) is 0.992. The summed E-state index contributed by atoms with van der Waals surface area (Å²) in [5, 5.41) is 0. The van der Waals surface area contributed by atoms with Crippen LogP contribution in [0.2, 0.25) is 0 Å². The first-order chi connectivity index (χ1) is 6.75. The number of rotatable bonds is 1. The molecule has 0 amide bonds. The molecule has 0 unspecified atom stereocenters. The SMILES string of the molecule is N[C@@H](c1c(F)ccc(F)c1F)C(F)(F)F. The molecule has 7 heteroatoms. The molecule has 0 bridgehead atoms. The molecule has 0 aliphatic carbocycles. The van der Waals surface area contributed by atoms with Gasteiger partial charge in [0.05, 0.1) is 5.56 Å². The van der Waals surface area contributed by atoms with Crippen LogP contribution >= 0.6 is 0 Å². The molecule has 0 aliphatic rings. The average molecular weight is 229 g/mol. The number of benzene rings is 1. The lowest BCUT2D eigenvalue weighted by Crippen LogP contribution is -2.30. The third-order valence-electron chi connectivity index (χ3n) is 1.74. The minimum absolute atomic E-state index is 0.386. The smallest absolute Gasteiger partial charge is 0.316 e. The van der Waals surface area contributed by atoms with Gasteiger partial charge in [0.1, 0.15) is 11.9 Å². The van der Waals surface area contributed by atoms with E-state index in [1.807, 2.05) is 0 Å². The second-order valence-electron chi connectivity index (χ2n) is 2.78. The van der Waals surface area contributed by atoms with Gasteiger partial charge in [0.15, 0.2) is 11.6 Å². The van der Waals surface area contributed by atoms with E-state index in [1.54, 1.807) is 0 Å². The van der Waals surface area contributed by atoms with Gasteiger partial charge >= 0.3 is 6.18 Å². The third kappa shape index (κ3) is 2.23. The standard InChI is InChI=1S/C8H5F6N/c9-3-1-2-4(10)6(11)5(3)7(15)8(12,13)14/h1-2,7H,15H2/t7-/m0/s1. The summed E-state index contributed by atoms with van der Waals surface area (Å²) in [6, 6.07) is -2.11. The summed E-state index contributed by atoms with van der Waals surface area (Å²) in [5.41, 5.74) is 3.06. The highest BCUT2D eigenvalue weighted by Crippen LogP contribution is 2.33. The molecule has 1 rings (SSSR count). The Kier molecular flexibility index (Phi) is 2.94. The van der Waals surface area contributed by atoms with Crippen molar-refractivity contribution < 1.29 is 26.3 Å². The monoisotopic (exact) mass is 229 g/mol. The van der Waals surface area contributed by atoms with Crippen molar-refractivity contribution in [1.29, 1.82) is 0 Å². The molecule has 0 aliphatic heterocycles. The summed E-state index contributed by atoms with van der Waals surface area (Å²) in [4.78, 5) is 0. The van der Waals surface area contributed by atoms with E-state index in [-0.39, 0.29) is 0 Å². The van der Waals surface area contributed by atoms with Crippen LogP contribution in [0.1, 0.15) is 11.6 Å². The van der Waals surface area contributed by atoms with E-state index in [4.69, 9.17) is 0 Å². The third-order valence-corrected chi connectivity index (χ3v) is 1.74. The predicted octanol–water partition coefficient (Wildman–Crippen LogP) is 2.67. The van der Waals surface area contributed by atoms with Gasteiger partial charge in [0, 0.05) is 0 Å². The molecule has 1 aromatic rings. The molecule has 0 radical (unpaired) electrons. The van der Waals surface area contributed by atoms with E-state index in [1.165, 1.54) is 0 Å². The molecule has 15 heavy (non-hydrogen) atoms. The fraction of sp³-hybridized carbons (Fsp3) is 0.250. The zero-order chi connectivity index (χ0) is 11.8. The highest BCUT2D eigenvalue weighted by Gasteiger charge is 2.41. The first kappa shape index (κ1) is 11.8. The van der Waals surface area contributed by atoms with Crippen LogP contribution < -0.4 is 5.73 Å². The molecule has 0 saturated carbocycles. The zero-order valence-corrected chi connectivity index (χ0v) is 7.08. The van der Waals surface area contributed by atoms with Crippen molar-refractivity contribution in [2.45, 2.75) is 12.2 Å². The first-order valence-electron chi connectivity index (χ1n) is 3.71. The van der Waals surface area contributed by atoms with Gasteiger partial charge in [-0.05, 0) is 12.1 Å². The van der Waals surface area contributed by atoms with Gasteiger partial charge in [-0.1, -0.05) is 0 Å². The molecule has 2 N–H and O–H groups in total. The fourth-order valence-electron chi connectivity index (χ4n) is 0.992. The summed E-state index contributed by atoms with van der Waals surface area (Å²) in [5.74, 6) is -5.02. The first-order valence-corrected chi connectivity index (χ1v) is 3.71. The largest absolute Gasteiger partial charge is 0.407 e. The molecule has 0 heterocycles. The van der Waals surface area contributed by atoms with E-state index < -0.39 is 35.2 Å². The minimum atomic E-state index is -5.03. The van der Waals surface area contributed by atoms with Crippen LogP contribution in [0.3, 0.4) is 0 Å². The van der Waals surface area contributed by atoms with E-state index >= 15 is 0 Å². The predicted molar refractivity (Wildman–Crippen MR) is 39.3 cm³/mol. The van der Waals surface area contributed by atoms with Gasteiger partial charge in [-0.15, -0.1) is 0 Å². The molecule has 1 aromatic carbocycles. The Bertz CT molecular complexity index is 372. The second-order valence-corrected chi connectivity index (χ2v) is 2.78. The van der Waals surface area contributed by atoms with Crippen molar-refractivity contribution in [3.63, 3.8) is 0 Å². The van der Waals surface area contributed by atoms with E-state index in [0.717, 1.165) is 0 Å². The lowest BCUT2D eigenvalue weighted by molar-refractivity contribution is -0.150. The lowest BCUT2D eigenvalue weighted by Gasteiger charge is -2.17. The number of nitrogens with two attached hydrogens (primary N) is 1. The van der Waals surface area contributed by atoms with Crippen LogP contribution in [-0.2, 0) is 0 Å². The van der Waals surface area contributed by atoms with E-state index in [9.17, 15) is 26.3 Å². The number of hydrogen-bond donors (Lipinski definition) is 1. The summed E-state index contributed by atoms with van der Waals surface area (Å²) in [7, 11) is 0. The maximum absolute atomic E-state index is 12.8. The van der Waals surface area contributed by atoms with Gasteiger partial charge in [-0.2, -0.15) is 13.2 Å². The van der Waals surface area contributed by atoms with E-state index in [0.29, 0.717) is 12.1 Å². The Morgan fingerprint density at radius 1 is 1.00 bits per heavy atom. The minimum Gasteiger partial charge on any atom is -0.316 e. The summed E-state index contributed by atoms with van der Waals surface area (Å²) in [6.45, 7) is 0. The van der Waals surface area contributed by atoms with Crippen molar-refractivity contribution in [2.24, 2.45) is 5.73 Å². The Balaban J connectivity index is 3.31. The zero-order valence-electron chi connectivity index (χ0n) is 7.08. The molecular formula is C8H5F6N. The molecular weight excluding hydrogens is 224 g/mol. The van der Waals surface area contributed by atoms with Crippen molar-refractivity contribution in [3.05, 3.63) is 35.1 Å². The van der Waals surface area contributed by atoms with E-state index in [2.05, 4.69) is 5.73 Å². The maximum atomic E-state index is 12.8. The van der Waals surface area contributed by atoms with Gasteiger partial charge in [-0.25, -0.2) is 13.2 Å². The van der Waals surface area contributed by atoms with Gasteiger partial charge < -0.3 is 5.73 Å². The second kappa shape index (κ2) is 3.73. The van der Waals surface area contributed by atoms with Crippen LogP contribution in [0.5, 0.6) is 0 Å². The number of alkyl halides is 3. The molecule has 0 spiro atoms. The molecule has 84 valence electrons. The molecule has 1 atom stereocenters. The Labute approximate surface area is 80.5 Å². The normalized spacial score (nSPS) is 14.1. The topological polar surface area (TPSA) is 26.0 Å². The summed E-state index contributed by atoms with van der Waals surface area (Å²) >= 11 is 0. The van der Waals surface area contributed by atoms with Crippen LogP contribution in [0.15, 0.2) is 12.1 Å². The van der Waals surface area contributed by atoms with Crippen LogP contribution in [0.4, 0.5) is 26.3 Å². The summed E-state index contributed by atoms with van der Waals surface area (Å²) in [6.07, 6.45) is -5.03. The quantitative estimate of drug-likeness (QED) is 0.581. The Hall–Kier alpha value is -1.24. The van der Waals surface area contributed by atoms with Gasteiger partial charge in [-0.3, -0.25) is 0 Å². The van der Waals surface area contributed by atoms with Crippen molar-refractivity contribution in [2.75, 3.05) is 0 Å². The average Bonchev–Trinajstić information content (AvgIpc) is 2.10. The molecule has 0 fully saturated rings. The highest BCUT2D eigenvalue weighted by atomic mass is 19.4. The molecule has 1 nitrogen and oxygen atoms in total. The number of hydrogen-bond acceptors (Lipinski definition) is 1. The van der Waals surface area contributed by atoms with Crippen molar-refractivity contribution in [1.82, 2.24) is 0 Å². The highest BCUT2D eigenvalue weighted by molar-refractivity contribution is 5.25. The Morgan fingerprint density at radius 3 is 1.93 bits per heavy atom. The Morgan fingerprint density at radius 2 is 1.47 bits per heavy atom. The molecule has 0 aromatic heterocycles. The van der Waals surface area contributed by atoms with Crippen LogP contribution in [0, 0.1) is 17.5 Å². The molecule has 0 saturated heterocycles. The number of halogens is 6. The van der Waals surface area contributed by atoms with Crippen molar-refractivity contribution in [3.8, 4) is 0 Å². The van der Waals surface area contributed by atoms with Crippen LogP contribution in [0.25, 0.3) is 0 Å². The lowest BCUT2D eigenvalue weighted by atomic mass is 10.1. The van der Waals surface area contributed by atoms with Crippen LogP contribution in [-0.4, -0.2) is 6.18 Å².